The Morgan fingerprint density at radius 1 is 1.11 bits per heavy atom. The molecular formula is C20H21ClN2O4. The summed E-state index contributed by atoms with van der Waals surface area (Å²) in [6.07, 6.45) is 0.917. The minimum absolute atomic E-state index is 0.132. The number of ether oxygens (including phenoxy) is 2. The van der Waals surface area contributed by atoms with Crippen LogP contribution in [0.2, 0.25) is 5.02 Å². The van der Waals surface area contributed by atoms with E-state index >= 15 is 0 Å². The molecule has 2 aromatic rings. The molecule has 0 radical (unpaired) electrons. The van der Waals surface area contributed by atoms with E-state index in [1.165, 1.54) is 0 Å². The van der Waals surface area contributed by atoms with E-state index in [0.717, 1.165) is 17.5 Å². The number of hydrogen-bond donors (Lipinski definition) is 2. The zero-order valence-corrected chi connectivity index (χ0v) is 15.9. The van der Waals surface area contributed by atoms with Gasteiger partial charge in [-0.2, -0.15) is 0 Å². The number of para-hydroxylation sites is 1. The van der Waals surface area contributed by atoms with Gasteiger partial charge in [-0.1, -0.05) is 35.9 Å². The highest BCUT2D eigenvalue weighted by atomic mass is 35.5. The second kappa shape index (κ2) is 7.88. The molecule has 0 fully saturated rings. The molecule has 142 valence electrons. The number of rotatable bonds is 5. The lowest BCUT2D eigenvalue weighted by Crippen LogP contribution is -2.44. The smallest absolute Gasteiger partial charge is 0.276 e. The Morgan fingerprint density at radius 3 is 2.56 bits per heavy atom. The maximum absolute atomic E-state index is 11.9. The number of carbonyl (C=O) groups excluding carboxylic acids is 2. The van der Waals surface area contributed by atoms with Crippen LogP contribution in [0.5, 0.6) is 11.5 Å². The lowest BCUT2D eigenvalue weighted by atomic mass is 10.0. The monoisotopic (exact) mass is 388 g/mol. The fourth-order valence-corrected chi connectivity index (χ4v) is 2.98. The van der Waals surface area contributed by atoms with E-state index in [1.807, 2.05) is 26.0 Å². The SMILES string of the molecule is CC1(C)Cc2cccc(OCC(=O)NNC(=O)Cc3ccc(Cl)cc3)c2O1. The van der Waals surface area contributed by atoms with Gasteiger partial charge in [-0.3, -0.25) is 20.4 Å². The molecule has 6 nitrogen and oxygen atoms in total. The van der Waals surface area contributed by atoms with Crippen LogP contribution in [-0.2, 0) is 22.4 Å². The molecule has 0 unspecified atom stereocenters. The molecule has 3 rings (SSSR count). The lowest BCUT2D eigenvalue weighted by molar-refractivity contribution is -0.129. The molecule has 0 saturated heterocycles. The van der Waals surface area contributed by atoms with Crippen LogP contribution in [0.4, 0.5) is 0 Å². The predicted octanol–water partition coefficient (Wildman–Crippen LogP) is 2.82. The van der Waals surface area contributed by atoms with Gasteiger partial charge < -0.3 is 9.47 Å². The number of amides is 2. The summed E-state index contributed by atoms with van der Waals surface area (Å²) in [5.41, 5.74) is 6.25. The molecule has 1 aliphatic rings. The highest BCUT2D eigenvalue weighted by Gasteiger charge is 2.32. The van der Waals surface area contributed by atoms with E-state index in [4.69, 9.17) is 21.1 Å². The van der Waals surface area contributed by atoms with Gasteiger partial charge in [-0.05, 0) is 37.6 Å². The molecule has 0 spiro atoms. The van der Waals surface area contributed by atoms with Gasteiger partial charge in [0.25, 0.3) is 5.91 Å². The van der Waals surface area contributed by atoms with Gasteiger partial charge in [0.2, 0.25) is 5.91 Å². The Labute approximate surface area is 162 Å². The van der Waals surface area contributed by atoms with Crippen molar-refractivity contribution in [3.63, 3.8) is 0 Å². The first-order chi connectivity index (χ1) is 12.8. The third kappa shape index (κ3) is 5.14. The molecule has 27 heavy (non-hydrogen) atoms. The topological polar surface area (TPSA) is 76.7 Å². The van der Waals surface area contributed by atoms with Crippen LogP contribution in [-0.4, -0.2) is 24.0 Å². The first kappa shape index (κ1) is 19.0. The van der Waals surface area contributed by atoms with E-state index in [2.05, 4.69) is 10.9 Å². The Bertz CT molecular complexity index is 850. The van der Waals surface area contributed by atoms with Crippen LogP contribution in [0.1, 0.15) is 25.0 Å². The molecule has 2 N–H and O–H groups in total. The van der Waals surface area contributed by atoms with Crippen molar-refractivity contribution < 1.29 is 19.1 Å². The van der Waals surface area contributed by atoms with E-state index in [1.54, 1.807) is 30.3 Å². The summed E-state index contributed by atoms with van der Waals surface area (Å²) < 4.78 is 11.5. The summed E-state index contributed by atoms with van der Waals surface area (Å²) in [4.78, 5) is 23.8. The molecule has 0 aliphatic carbocycles. The third-order valence-electron chi connectivity index (χ3n) is 4.03. The molecule has 0 saturated carbocycles. The van der Waals surface area contributed by atoms with Gasteiger partial charge in [-0.15, -0.1) is 0 Å². The summed E-state index contributed by atoms with van der Waals surface area (Å²) in [6, 6.07) is 12.5. The normalized spacial score (nSPS) is 14.0. The molecule has 2 amide bonds. The minimum atomic E-state index is -0.464. The summed E-state index contributed by atoms with van der Waals surface area (Å²) >= 11 is 5.81. The van der Waals surface area contributed by atoms with Gasteiger partial charge in [-0.25, -0.2) is 0 Å². The number of hydrazine groups is 1. The van der Waals surface area contributed by atoms with Gasteiger partial charge in [0.15, 0.2) is 18.1 Å². The van der Waals surface area contributed by atoms with Gasteiger partial charge in [0.1, 0.15) is 5.60 Å². The van der Waals surface area contributed by atoms with E-state index in [0.29, 0.717) is 16.5 Å². The van der Waals surface area contributed by atoms with Crippen molar-refractivity contribution in [2.24, 2.45) is 0 Å². The Morgan fingerprint density at radius 2 is 1.81 bits per heavy atom. The van der Waals surface area contributed by atoms with Crippen molar-refractivity contribution in [3.8, 4) is 11.5 Å². The van der Waals surface area contributed by atoms with Gasteiger partial charge in [0.05, 0.1) is 6.42 Å². The average molecular weight is 389 g/mol. The van der Waals surface area contributed by atoms with Crippen LogP contribution in [0.3, 0.4) is 0 Å². The highest BCUT2D eigenvalue weighted by Crippen LogP contribution is 2.41. The summed E-state index contributed by atoms with van der Waals surface area (Å²) in [5, 5.41) is 0.601. The first-order valence-corrected chi connectivity index (χ1v) is 8.96. The zero-order chi connectivity index (χ0) is 19.4. The van der Waals surface area contributed by atoms with E-state index in [-0.39, 0.29) is 24.5 Å². The van der Waals surface area contributed by atoms with Crippen molar-refractivity contribution in [2.75, 3.05) is 6.61 Å². The quantitative estimate of drug-likeness (QED) is 0.772. The standard InChI is InChI=1S/C20H21ClN2O4/c1-20(2)11-14-4-3-5-16(19(14)27-20)26-12-18(25)23-22-17(24)10-13-6-8-15(21)9-7-13/h3-9H,10-12H2,1-2H3,(H,22,24)(H,23,25). The number of hydrogen-bond acceptors (Lipinski definition) is 4. The summed E-state index contributed by atoms with van der Waals surface area (Å²) in [6.45, 7) is 3.76. The van der Waals surface area contributed by atoms with E-state index in [9.17, 15) is 9.59 Å². The van der Waals surface area contributed by atoms with Crippen molar-refractivity contribution in [1.29, 1.82) is 0 Å². The molecule has 1 heterocycles. The van der Waals surface area contributed by atoms with Crippen molar-refractivity contribution >= 4 is 23.4 Å². The molecular weight excluding hydrogens is 368 g/mol. The fourth-order valence-electron chi connectivity index (χ4n) is 2.85. The number of halogens is 1. The largest absolute Gasteiger partial charge is 0.483 e. The van der Waals surface area contributed by atoms with Crippen molar-refractivity contribution in [3.05, 3.63) is 58.6 Å². The van der Waals surface area contributed by atoms with Crippen molar-refractivity contribution in [1.82, 2.24) is 10.9 Å². The number of nitrogens with one attached hydrogen (secondary N) is 2. The van der Waals surface area contributed by atoms with Crippen LogP contribution in [0.25, 0.3) is 0 Å². The number of carbonyl (C=O) groups is 2. The second-order valence-electron chi connectivity index (χ2n) is 6.97. The van der Waals surface area contributed by atoms with Crippen molar-refractivity contribution in [2.45, 2.75) is 32.3 Å². The Hall–Kier alpha value is -2.73. The first-order valence-electron chi connectivity index (χ1n) is 8.58. The van der Waals surface area contributed by atoms with Crippen LogP contribution < -0.4 is 20.3 Å². The van der Waals surface area contributed by atoms with Crippen LogP contribution >= 0.6 is 11.6 Å². The Kier molecular flexibility index (Phi) is 5.56. The third-order valence-corrected chi connectivity index (χ3v) is 4.28. The Balaban J connectivity index is 1.46. The molecule has 0 bridgehead atoms. The predicted molar refractivity (Wildman–Crippen MR) is 102 cm³/mol. The molecule has 0 aromatic heterocycles. The van der Waals surface area contributed by atoms with Gasteiger partial charge in [0, 0.05) is 17.0 Å². The molecule has 1 aliphatic heterocycles. The number of benzene rings is 2. The van der Waals surface area contributed by atoms with Crippen LogP contribution in [0.15, 0.2) is 42.5 Å². The number of fused-ring (bicyclic) bond motifs is 1. The maximum Gasteiger partial charge on any atom is 0.276 e. The minimum Gasteiger partial charge on any atom is -0.483 e. The summed E-state index contributed by atoms with van der Waals surface area (Å²) in [7, 11) is 0. The lowest BCUT2D eigenvalue weighted by Gasteiger charge is -2.18. The average Bonchev–Trinajstić information content (AvgIpc) is 2.94. The molecule has 0 atom stereocenters. The molecule has 7 heteroatoms. The highest BCUT2D eigenvalue weighted by molar-refractivity contribution is 6.30. The van der Waals surface area contributed by atoms with Crippen LogP contribution in [0, 0.1) is 0 Å². The molecule has 2 aromatic carbocycles. The van der Waals surface area contributed by atoms with Gasteiger partial charge >= 0.3 is 0 Å². The second-order valence-corrected chi connectivity index (χ2v) is 7.41. The summed E-state index contributed by atoms with van der Waals surface area (Å²) in [5.74, 6) is 0.383. The zero-order valence-electron chi connectivity index (χ0n) is 15.2. The fraction of sp³-hybridized carbons (Fsp3) is 0.300. The van der Waals surface area contributed by atoms with E-state index < -0.39 is 5.91 Å². The maximum atomic E-state index is 11.9.